The first-order valence-electron chi connectivity index (χ1n) is 10.2. The predicted molar refractivity (Wildman–Crippen MR) is 103 cm³/mol. The minimum absolute atomic E-state index is 0.0178. The number of esters is 1. The van der Waals surface area contributed by atoms with Crippen molar-refractivity contribution >= 4 is 11.7 Å². The number of hydrogen-bond donors (Lipinski definition) is 1. The molecule has 0 unspecified atom stereocenters. The third kappa shape index (κ3) is 3.06. The van der Waals surface area contributed by atoms with E-state index >= 15 is 0 Å². The number of pyridine rings is 1. The zero-order valence-electron chi connectivity index (χ0n) is 16.2. The van der Waals surface area contributed by atoms with E-state index in [0.29, 0.717) is 11.8 Å². The summed E-state index contributed by atoms with van der Waals surface area (Å²) in [4.78, 5) is 21.0. The fourth-order valence-electron chi connectivity index (χ4n) is 4.85. The third-order valence-electron chi connectivity index (χ3n) is 7.06. The molecule has 7 nitrogen and oxygen atoms in total. The molecule has 0 aliphatic heterocycles. The smallest absolute Gasteiger partial charge is 0.311 e. The molecule has 2 bridgehead atoms. The van der Waals surface area contributed by atoms with Gasteiger partial charge < -0.3 is 14.6 Å². The van der Waals surface area contributed by atoms with Crippen molar-refractivity contribution in [1.29, 1.82) is 0 Å². The SMILES string of the molecule is COC(=O)C12CCC(CNc3cncc(-c4nc(C5CC5)no4)c3)(CC1)CC2. The van der Waals surface area contributed by atoms with Crippen LogP contribution in [0.25, 0.3) is 11.5 Å². The number of nitrogens with one attached hydrogen (secondary N) is 1. The van der Waals surface area contributed by atoms with E-state index in [-0.39, 0.29) is 16.8 Å². The Labute approximate surface area is 164 Å². The van der Waals surface area contributed by atoms with Gasteiger partial charge in [0.05, 0.1) is 23.8 Å². The van der Waals surface area contributed by atoms with Gasteiger partial charge in [0.1, 0.15) is 0 Å². The fourth-order valence-corrected chi connectivity index (χ4v) is 4.85. The second-order valence-electron chi connectivity index (χ2n) is 8.82. The Morgan fingerprint density at radius 3 is 2.64 bits per heavy atom. The van der Waals surface area contributed by atoms with Crippen LogP contribution in [0.2, 0.25) is 0 Å². The predicted octanol–water partition coefficient (Wildman–Crippen LogP) is 3.93. The number of carbonyl (C=O) groups excluding carboxylic acids is 1. The Morgan fingerprint density at radius 2 is 1.96 bits per heavy atom. The van der Waals surface area contributed by atoms with E-state index in [9.17, 15) is 4.79 Å². The van der Waals surface area contributed by atoms with Crippen molar-refractivity contribution < 1.29 is 14.1 Å². The fraction of sp³-hybridized carbons (Fsp3) is 0.619. The summed E-state index contributed by atoms with van der Waals surface area (Å²) in [6.45, 7) is 0.895. The van der Waals surface area contributed by atoms with Gasteiger partial charge in [-0.05, 0) is 62.8 Å². The molecule has 6 rings (SSSR count). The molecule has 0 atom stereocenters. The molecule has 28 heavy (non-hydrogen) atoms. The van der Waals surface area contributed by atoms with Gasteiger partial charge in [0.15, 0.2) is 5.82 Å². The van der Waals surface area contributed by atoms with Crippen LogP contribution in [-0.4, -0.2) is 34.7 Å². The van der Waals surface area contributed by atoms with Crippen LogP contribution in [0.5, 0.6) is 0 Å². The summed E-state index contributed by atoms with van der Waals surface area (Å²) in [7, 11) is 1.51. The molecule has 2 aromatic rings. The molecular formula is C21H26N4O3. The van der Waals surface area contributed by atoms with Crippen molar-refractivity contribution in [2.24, 2.45) is 10.8 Å². The molecule has 4 aliphatic rings. The highest BCUT2D eigenvalue weighted by molar-refractivity contribution is 5.77. The van der Waals surface area contributed by atoms with Crippen molar-refractivity contribution in [3.8, 4) is 11.5 Å². The van der Waals surface area contributed by atoms with Gasteiger partial charge in [-0.1, -0.05) is 5.16 Å². The van der Waals surface area contributed by atoms with Crippen LogP contribution in [0, 0.1) is 10.8 Å². The summed E-state index contributed by atoms with van der Waals surface area (Å²) in [5.74, 6) is 1.80. The lowest BCUT2D eigenvalue weighted by atomic mass is 9.53. The van der Waals surface area contributed by atoms with E-state index in [1.54, 1.807) is 6.20 Å². The summed E-state index contributed by atoms with van der Waals surface area (Å²) >= 11 is 0. The van der Waals surface area contributed by atoms with Gasteiger partial charge in [-0.25, -0.2) is 0 Å². The van der Waals surface area contributed by atoms with E-state index in [2.05, 4.69) is 20.4 Å². The van der Waals surface area contributed by atoms with Crippen LogP contribution in [0.4, 0.5) is 5.69 Å². The number of methoxy groups -OCH3 is 1. The van der Waals surface area contributed by atoms with Crippen LogP contribution in [0.3, 0.4) is 0 Å². The number of carbonyl (C=O) groups is 1. The Bertz CT molecular complexity index is 865. The van der Waals surface area contributed by atoms with Crippen molar-refractivity contribution in [1.82, 2.24) is 15.1 Å². The number of rotatable bonds is 6. The number of ether oxygens (including phenoxy) is 1. The Morgan fingerprint density at radius 1 is 1.21 bits per heavy atom. The van der Waals surface area contributed by atoms with E-state index < -0.39 is 0 Å². The van der Waals surface area contributed by atoms with Gasteiger partial charge in [0, 0.05) is 24.9 Å². The number of aromatic nitrogens is 3. The lowest BCUT2D eigenvalue weighted by Gasteiger charge is -2.52. The van der Waals surface area contributed by atoms with Gasteiger partial charge in [0.25, 0.3) is 5.89 Å². The van der Waals surface area contributed by atoms with Crippen LogP contribution < -0.4 is 5.32 Å². The highest BCUT2D eigenvalue weighted by Crippen LogP contribution is 2.57. The van der Waals surface area contributed by atoms with Crippen LogP contribution in [0.1, 0.15) is 63.1 Å². The normalized spacial score (nSPS) is 28.9. The zero-order chi connectivity index (χ0) is 19.2. The molecule has 148 valence electrons. The average Bonchev–Trinajstić information content (AvgIpc) is 3.50. The van der Waals surface area contributed by atoms with E-state index in [1.807, 2.05) is 12.3 Å². The first-order valence-corrected chi connectivity index (χ1v) is 10.2. The first-order chi connectivity index (χ1) is 13.6. The second-order valence-corrected chi connectivity index (χ2v) is 8.82. The lowest BCUT2D eigenvalue weighted by molar-refractivity contribution is -0.162. The number of anilines is 1. The Kier molecular flexibility index (Phi) is 4.14. The average molecular weight is 382 g/mol. The highest BCUT2D eigenvalue weighted by atomic mass is 16.5. The summed E-state index contributed by atoms with van der Waals surface area (Å²) in [5.41, 5.74) is 1.84. The van der Waals surface area contributed by atoms with E-state index in [4.69, 9.17) is 9.26 Å². The molecule has 7 heteroatoms. The maximum absolute atomic E-state index is 12.2. The molecule has 0 saturated heterocycles. The zero-order valence-corrected chi connectivity index (χ0v) is 16.2. The molecule has 0 amide bonds. The lowest BCUT2D eigenvalue weighted by Crippen LogP contribution is -2.48. The van der Waals surface area contributed by atoms with Gasteiger partial charge >= 0.3 is 5.97 Å². The minimum atomic E-state index is -0.227. The van der Waals surface area contributed by atoms with E-state index in [0.717, 1.165) is 75.0 Å². The monoisotopic (exact) mass is 382 g/mol. The molecule has 2 heterocycles. The summed E-state index contributed by atoms with van der Waals surface area (Å²) in [5, 5.41) is 7.66. The minimum Gasteiger partial charge on any atom is -0.469 e. The van der Waals surface area contributed by atoms with Gasteiger partial charge in [-0.3, -0.25) is 9.78 Å². The second kappa shape index (κ2) is 6.57. The summed E-state index contributed by atoms with van der Waals surface area (Å²) in [6, 6.07) is 2.03. The highest BCUT2D eigenvalue weighted by Gasteiger charge is 2.52. The Balaban J connectivity index is 1.24. The maximum atomic E-state index is 12.2. The third-order valence-corrected chi connectivity index (χ3v) is 7.06. The molecule has 1 N–H and O–H groups in total. The number of hydrogen-bond acceptors (Lipinski definition) is 7. The molecule has 0 radical (unpaired) electrons. The standard InChI is InChI=1S/C21H26N4O3/c1-27-19(26)21-7-4-20(5-8-21,6-9-21)13-23-16-10-15(11-22-12-16)18-24-17(25-28-18)14-2-3-14/h10-12,14,23H,2-9,13H2,1H3. The van der Waals surface area contributed by atoms with Crippen LogP contribution >= 0.6 is 0 Å². The van der Waals surface area contributed by atoms with Gasteiger partial charge in [-0.15, -0.1) is 0 Å². The topological polar surface area (TPSA) is 90.1 Å². The molecule has 2 aromatic heterocycles. The van der Waals surface area contributed by atoms with Gasteiger partial charge in [-0.2, -0.15) is 4.98 Å². The maximum Gasteiger partial charge on any atom is 0.311 e. The van der Waals surface area contributed by atoms with Gasteiger partial charge in [0.2, 0.25) is 0 Å². The molecule has 4 aliphatic carbocycles. The van der Waals surface area contributed by atoms with Crippen LogP contribution in [-0.2, 0) is 9.53 Å². The van der Waals surface area contributed by atoms with Crippen molar-refractivity contribution in [2.45, 2.75) is 57.3 Å². The van der Waals surface area contributed by atoms with E-state index in [1.165, 1.54) is 7.11 Å². The largest absolute Gasteiger partial charge is 0.469 e. The number of fused-ring (bicyclic) bond motifs is 3. The molecule has 4 saturated carbocycles. The molecule has 4 fully saturated rings. The Hall–Kier alpha value is -2.44. The number of nitrogens with zero attached hydrogens (tertiary/aromatic N) is 3. The van der Waals surface area contributed by atoms with Crippen molar-refractivity contribution in [3.05, 3.63) is 24.3 Å². The summed E-state index contributed by atoms with van der Waals surface area (Å²) < 4.78 is 10.5. The van der Waals surface area contributed by atoms with Crippen molar-refractivity contribution in [2.75, 3.05) is 19.0 Å². The first kappa shape index (κ1) is 17.6. The van der Waals surface area contributed by atoms with Crippen LogP contribution in [0.15, 0.2) is 23.0 Å². The molecule has 0 spiro atoms. The quantitative estimate of drug-likeness (QED) is 0.757. The van der Waals surface area contributed by atoms with Crippen molar-refractivity contribution in [3.63, 3.8) is 0 Å². The molecular weight excluding hydrogens is 356 g/mol. The summed E-state index contributed by atoms with van der Waals surface area (Å²) in [6.07, 6.45) is 11.9. The molecule has 0 aromatic carbocycles.